The average molecular weight is 346 g/mol. The SMILES string of the molecule is C#CCC1(CC#C)NC(N2CCC3(CC2)OCc2ccccc23)=CC1=O. The third-order valence-electron chi connectivity index (χ3n) is 5.84. The first kappa shape index (κ1) is 16.8. The molecule has 4 rings (SSSR count). The molecule has 3 heterocycles. The van der Waals surface area contributed by atoms with E-state index in [4.69, 9.17) is 17.6 Å². The minimum absolute atomic E-state index is 0.0221. The molecule has 0 bridgehead atoms. The van der Waals surface area contributed by atoms with Crippen LogP contribution >= 0.6 is 0 Å². The zero-order valence-corrected chi connectivity index (χ0v) is 14.8. The molecular formula is C22H22N2O2. The van der Waals surface area contributed by atoms with Gasteiger partial charge in [-0.2, -0.15) is 0 Å². The Morgan fingerprint density at radius 3 is 2.54 bits per heavy atom. The normalized spacial score (nSPS) is 22.3. The first-order valence-electron chi connectivity index (χ1n) is 9.01. The zero-order chi connectivity index (χ0) is 18.2. The van der Waals surface area contributed by atoms with E-state index in [9.17, 15) is 4.79 Å². The van der Waals surface area contributed by atoms with Crippen LogP contribution in [0.15, 0.2) is 36.2 Å². The van der Waals surface area contributed by atoms with Gasteiger partial charge in [0.1, 0.15) is 11.4 Å². The molecule has 0 aromatic heterocycles. The largest absolute Gasteiger partial charge is 0.365 e. The molecule has 26 heavy (non-hydrogen) atoms. The fourth-order valence-electron chi connectivity index (χ4n) is 4.36. The molecule has 1 N–H and O–H groups in total. The van der Waals surface area contributed by atoms with Crippen LogP contribution < -0.4 is 5.32 Å². The predicted molar refractivity (Wildman–Crippen MR) is 99.6 cm³/mol. The van der Waals surface area contributed by atoms with Gasteiger partial charge in [0.25, 0.3) is 0 Å². The van der Waals surface area contributed by atoms with Crippen LogP contribution in [0.2, 0.25) is 0 Å². The summed E-state index contributed by atoms with van der Waals surface area (Å²) in [5.41, 5.74) is 1.57. The van der Waals surface area contributed by atoms with Crippen LogP contribution in [-0.2, 0) is 21.7 Å². The van der Waals surface area contributed by atoms with Gasteiger partial charge in [0.2, 0.25) is 0 Å². The number of likely N-dealkylation sites (tertiary alicyclic amines) is 1. The van der Waals surface area contributed by atoms with Crippen molar-refractivity contribution >= 4 is 5.78 Å². The topological polar surface area (TPSA) is 41.6 Å². The minimum atomic E-state index is -0.843. The quantitative estimate of drug-likeness (QED) is 0.853. The van der Waals surface area contributed by atoms with Gasteiger partial charge >= 0.3 is 0 Å². The van der Waals surface area contributed by atoms with Crippen molar-refractivity contribution in [2.75, 3.05) is 13.1 Å². The molecule has 0 saturated carbocycles. The smallest absolute Gasteiger partial charge is 0.186 e. The van der Waals surface area contributed by atoms with E-state index in [-0.39, 0.29) is 11.4 Å². The highest BCUT2D eigenvalue weighted by Crippen LogP contribution is 2.44. The van der Waals surface area contributed by atoms with Gasteiger partial charge in [-0.25, -0.2) is 0 Å². The van der Waals surface area contributed by atoms with Gasteiger partial charge < -0.3 is 15.0 Å². The van der Waals surface area contributed by atoms with Crippen molar-refractivity contribution in [3.8, 4) is 24.7 Å². The van der Waals surface area contributed by atoms with Crippen LogP contribution in [0.4, 0.5) is 0 Å². The molecule has 1 fully saturated rings. The molecule has 1 spiro atoms. The Hall–Kier alpha value is -2.69. The summed E-state index contributed by atoms with van der Waals surface area (Å²) in [6, 6.07) is 8.46. The lowest BCUT2D eigenvalue weighted by Crippen LogP contribution is -2.50. The summed E-state index contributed by atoms with van der Waals surface area (Å²) in [7, 11) is 0. The second-order valence-electron chi connectivity index (χ2n) is 7.29. The lowest BCUT2D eigenvalue weighted by atomic mass is 9.84. The standard InChI is InChI=1S/C22H22N2O2/c1-3-9-21(10-4-2)19(25)15-20(23-21)24-13-11-22(12-14-24)18-8-6-5-7-17(18)16-26-22/h1-2,5-8,15,23H,9-14,16H2. The number of nitrogens with one attached hydrogen (secondary N) is 1. The van der Waals surface area contributed by atoms with E-state index in [0.29, 0.717) is 19.4 Å². The van der Waals surface area contributed by atoms with Gasteiger partial charge in [-0.1, -0.05) is 24.3 Å². The molecular weight excluding hydrogens is 324 g/mol. The highest BCUT2D eigenvalue weighted by molar-refractivity contribution is 6.01. The molecule has 1 aromatic rings. The van der Waals surface area contributed by atoms with Gasteiger partial charge in [-0.05, 0) is 24.0 Å². The van der Waals surface area contributed by atoms with Crippen LogP contribution in [0.5, 0.6) is 0 Å². The van der Waals surface area contributed by atoms with Crippen LogP contribution in [-0.4, -0.2) is 29.3 Å². The van der Waals surface area contributed by atoms with Gasteiger partial charge in [-0.15, -0.1) is 24.7 Å². The van der Waals surface area contributed by atoms with Gasteiger partial charge in [0, 0.05) is 32.0 Å². The zero-order valence-electron chi connectivity index (χ0n) is 14.8. The maximum atomic E-state index is 12.6. The molecule has 3 aliphatic rings. The number of carbonyl (C=O) groups excluding carboxylic acids is 1. The number of hydrogen-bond acceptors (Lipinski definition) is 4. The number of carbonyl (C=O) groups is 1. The van der Waals surface area contributed by atoms with E-state index in [1.807, 2.05) is 0 Å². The maximum absolute atomic E-state index is 12.6. The molecule has 4 nitrogen and oxygen atoms in total. The highest BCUT2D eigenvalue weighted by Gasteiger charge is 2.46. The third-order valence-corrected chi connectivity index (χ3v) is 5.84. The number of fused-ring (bicyclic) bond motifs is 2. The van der Waals surface area contributed by atoms with Crippen molar-refractivity contribution in [3.63, 3.8) is 0 Å². The third kappa shape index (κ3) is 2.50. The average Bonchev–Trinajstić information content (AvgIpc) is 3.16. The second kappa shape index (κ2) is 6.24. The van der Waals surface area contributed by atoms with Crippen molar-refractivity contribution in [2.24, 2.45) is 0 Å². The minimum Gasteiger partial charge on any atom is -0.365 e. The maximum Gasteiger partial charge on any atom is 0.186 e. The van der Waals surface area contributed by atoms with E-state index in [0.717, 1.165) is 31.8 Å². The van der Waals surface area contributed by atoms with Crippen molar-refractivity contribution in [1.29, 1.82) is 0 Å². The summed E-state index contributed by atoms with van der Waals surface area (Å²) < 4.78 is 6.22. The summed E-state index contributed by atoms with van der Waals surface area (Å²) >= 11 is 0. The van der Waals surface area contributed by atoms with Crippen molar-refractivity contribution in [2.45, 2.75) is 43.4 Å². The van der Waals surface area contributed by atoms with Crippen molar-refractivity contribution < 1.29 is 9.53 Å². The number of ketones is 1. The van der Waals surface area contributed by atoms with Gasteiger partial charge in [0.05, 0.1) is 12.2 Å². The molecule has 132 valence electrons. The van der Waals surface area contributed by atoms with E-state index in [1.54, 1.807) is 6.08 Å². The monoisotopic (exact) mass is 346 g/mol. The molecule has 0 unspecified atom stereocenters. The number of nitrogens with zero attached hydrogens (tertiary/aromatic N) is 1. The molecule has 4 heteroatoms. The Bertz CT molecular complexity index is 832. The number of ether oxygens (including phenoxy) is 1. The first-order valence-corrected chi connectivity index (χ1v) is 9.01. The number of piperidine rings is 1. The van der Waals surface area contributed by atoms with Gasteiger partial charge in [-0.3, -0.25) is 4.79 Å². The molecule has 3 aliphatic heterocycles. The molecule has 0 radical (unpaired) electrons. The first-order chi connectivity index (χ1) is 12.6. The number of rotatable bonds is 3. The van der Waals surface area contributed by atoms with Crippen LogP contribution in [0, 0.1) is 24.7 Å². The summed E-state index contributed by atoms with van der Waals surface area (Å²) in [6.07, 6.45) is 15.0. The highest BCUT2D eigenvalue weighted by atomic mass is 16.5. The van der Waals surface area contributed by atoms with Crippen LogP contribution in [0.1, 0.15) is 36.8 Å². The summed E-state index contributed by atoms with van der Waals surface area (Å²) in [6.45, 7) is 2.33. The fraction of sp³-hybridized carbons (Fsp3) is 0.409. The van der Waals surface area contributed by atoms with Crippen LogP contribution in [0.25, 0.3) is 0 Å². The number of terminal acetylenes is 2. The summed E-state index contributed by atoms with van der Waals surface area (Å²) in [5.74, 6) is 5.99. The molecule has 0 amide bonds. The van der Waals surface area contributed by atoms with Crippen LogP contribution in [0.3, 0.4) is 0 Å². The van der Waals surface area contributed by atoms with Crippen molar-refractivity contribution in [3.05, 3.63) is 47.3 Å². The summed E-state index contributed by atoms with van der Waals surface area (Å²) in [4.78, 5) is 14.8. The van der Waals surface area contributed by atoms with E-state index < -0.39 is 5.54 Å². The lowest BCUT2D eigenvalue weighted by Gasteiger charge is -2.41. The molecule has 1 aromatic carbocycles. The Labute approximate surface area is 154 Å². The lowest BCUT2D eigenvalue weighted by molar-refractivity contribution is -0.119. The van der Waals surface area contributed by atoms with E-state index >= 15 is 0 Å². The molecule has 0 atom stereocenters. The molecule has 0 aliphatic carbocycles. The van der Waals surface area contributed by atoms with Gasteiger partial charge in [0.15, 0.2) is 5.78 Å². The predicted octanol–water partition coefficient (Wildman–Crippen LogP) is 2.31. The Morgan fingerprint density at radius 2 is 1.85 bits per heavy atom. The Morgan fingerprint density at radius 1 is 1.15 bits per heavy atom. The fourth-order valence-corrected chi connectivity index (χ4v) is 4.36. The Balaban J connectivity index is 1.48. The number of benzene rings is 1. The van der Waals surface area contributed by atoms with E-state index in [2.05, 4.69) is 46.3 Å². The number of hydrogen-bond donors (Lipinski definition) is 1. The molecule has 1 saturated heterocycles. The Kier molecular flexibility index (Phi) is 4.02. The van der Waals surface area contributed by atoms with Crippen molar-refractivity contribution in [1.82, 2.24) is 10.2 Å². The summed E-state index contributed by atoms with van der Waals surface area (Å²) in [5, 5.41) is 3.34. The second-order valence-corrected chi connectivity index (χ2v) is 7.29. The van der Waals surface area contributed by atoms with E-state index in [1.165, 1.54) is 11.1 Å².